The molecule has 0 bridgehead atoms. The quantitative estimate of drug-likeness (QED) is 0.235. The standard InChI is InChI=1S/C27H33Cl2N7O3/c1-7-27(37)34-20-12-21(24(39-6)13-22(20)36(4)9-8-35(2)3)33-26-14-25(31-16-32-26)30-15-17-10-23(38-5)19(29)11-18(17)28/h7,10-14,16H,1,8-9,15H2,2-6H3,(H,34,37)(H2,30,31,32,33). The molecule has 0 atom stereocenters. The van der Waals surface area contributed by atoms with Crippen molar-refractivity contribution in [3.8, 4) is 11.5 Å². The van der Waals surface area contributed by atoms with Gasteiger partial charge in [-0.1, -0.05) is 29.8 Å². The average molecular weight is 575 g/mol. The Morgan fingerprint density at radius 2 is 1.67 bits per heavy atom. The molecule has 0 saturated heterocycles. The average Bonchev–Trinajstić information content (AvgIpc) is 2.91. The monoisotopic (exact) mass is 573 g/mol. The van der Waals surface area contributed by atoms with E-state index >= 15 is 0 Å². The topological polar surface area (TPSA) is 104 Å². The number of hydrogen-bond acceptors (Lipinski definition) is 9. The molecule has 0 aliphatic heterocycles. The molecule has 0 fully saturated rings. The Morgan fingerprint density at radius 1 is 0.949 bits per heavy atom. The van der Waals surface area contributed by atoms with Gasteiger partial charge in [0.1, 0.15) is 29.5 Å². The van der Waals surface area contributed by atoms with Crippen LogP contribution in [0.25, 0.3) is 0 Å². The van der Waals surface area contributed by atoms with E-state index < -0.39 is 0 Å². The molecule has 10 nitrogen and oxygen atoms in total. The number of hydrogen-bond donors (Lipinski definition) is 3. The zero-order chi connectivity index (χ0) is 28.5. The van der Waals surface area contributed by atoms with E-state index in [-0.39, 0.29) is 5.91 Å². The fourth-order valence-corrected chi connectivity index (χ4v) is 4.14. The number of nitrogens with one attached hydrogen (secondary N) is 3. The smallest absolute Gasteiger partial charge is 0.247 e. The molecular weight excluding hydrogens is 541 g/mol. The number of carbonyl (C=O) groups excluding carboxylic acids is 1. The van der Waals surface area contributed by atoms with Crippen molar-refractivity contribution < 1.29 is 14.3 Å². The van der Waals surface area contributed by atoms with Crippen LogP contribution in [0.5, 0.6) is 11.5 Å². The molecule has 1 amide bonds. The first-order valence-electron chi connectivity index (χ1n) is 12.0. The molecule has 0 spiro atoms. The van der Waals surface area contributed by atoms with E-state index in [0.29, 0.717) is 51.1 Å². The van der Waals surface area contributed by atoms with Crippen molar-refractivity contribution in [2.75, 3.05) is 69.3 Å². The zero-order valence-corrected chi connectivity index (χ0v) is 24.2. The molecule has 39 heavy (non-hydrogen) atoms. The van der Waals surface area contributed by atoms with Gasteiger partial charge in [0, 0.05) is 43.8 Å². The van der Waals surface area contributed by atoms with Crippen LogP contribution in [0.1, 0.15) is 5.56 Å². The van der Waals surface area contributed by atoms with E-state index in [2.05, 4.69) is 42.3 Å². The summed E-state index contributed by atoms with van der Waals surface area (Å²) < 4.78 is 11.0. The molecule has 2 aromatic carbocycles. The predicted octanol–water partition coefficient (Wildman–Crippen LogP) is 5.28. The Bertz CT molecular complexity index is 1320. The molecule has 0 unspecified atom stereocenters. The number of likely N-dealkylation sites (N-methyl/N-ethyl adjacent to an activating group) is 2. The fraction of sp³-hybridized carbons (Fsp3) is 0.296. The number of ether oxygens (including phenoxy) is 2. The van der Waals surface area contributed by atoms with Crippen LogP contribution in [0, 0.1) is 0 Å². The summed E-state index contributed by atoms with van der Waals surface area (Å²) in [6, 6.07) is 8.84. The highest BCUT2D eigenvalue weighted by molar-refractivity contribution is 6.36. The van der Waals surface area contributed by atoms with Crippen LogP contribution >= 0.6 is 23.2 Å². The van der Waals surface area contributed by atoms with E-state index in [1.54, 1.807) is 38.5 Å². The van der Waals surface area contributed by atoms with E-state index in [0.717, 1.165) is 24.3 Å². The van der Waals surface area contributed by atoms with Crippen molar-refractivity contribution >= 4 is 57.8 Å². The number of anilines is 5. The third-order valence-corrected chi connectivity index (χ3v) is 6.41. The second-order valence-electron chi connectivity index (χ2n) is 8.83. The number of rotatable bonds is 13. The van der Waals surface area contributed by atoms with Crippen LogP contribution in [0.3, 0.4) is 0 Å². The Labute approximate surface area is 238 Å². The summed E-state index contributed by atoms with van der Waals surface area (Å²) in [5.41, 5.74) is 2.80. The van der Waals surface area contributed by atoms with E-state index in [1.165, 1.54) is 12.4 Å². The second-order valence-corrected chi connectivity index (χ2v) is 9.65. The van der Waals surface area contributed by atoms with Crippen LogP contribution in [0.15, 0.2) is 49.3 Å². The molecule has 3 N–H and O–H groups in total. The number of carbonyl (C=O) groups is 1. The molecule has 12 heteroatoms. The fourth-order valence-electron chi connectivity index (χ4n) is 3.62. The molecule has 1 heterocycles. The minimum absolute atomic E-state index is 0.320. The number of halogens is 2. The lowest BCUT2D eigenvalue weighted by Crippen LogP contribution is -2.29. The summed E-state index contributed by atoms with van der Waals surface area (Å²) >= 11 is 12.5. The van der Waals surface area contributed by atoms with Crippen molar-refractivity contribution in [1.29, 1.82) is 0 Å². The highest BCUT2D eigenvalue weighted by Crippen LogP contribution is 2.38. The number of methoxy groups -OCH3 is 2. The van der Waals surface area contributed by atoms with Crippen LogP contribution in [0.4, 0.5) is 28.7 Å². The third kappa shape index (κ3) is 8.13. The first kappa shape index (κ1) is 29.8. The molecule has 0 saturated carbocycles. The van der Waals surface area contributed by atoms with Gasteiger partial charge in [-0.2, -0.15) is 0 Å². The Hall–Kier alpha value is -3.73. The lowest BCUT2D eigenvalue weighted by atomic mass is 10.2. The van der Waals surface area contributed by atoms with Crippen molar-refractivity contribution in [2.45, 2.75) is 6.54 Å². The minimum Gasteiger partial charge on any atom is -0.495 e. The van der Waals surface area contributed by atoms with Gasteiger partial charge >= 0.3 is 0 Å². The van der Waals surface area contributed by atoms with E-state index in [9.17, 15) is 4.79 Å². The van der Waals surface area contributed by atoms with Gasteiger partial charge in [0.05, 0.1) is 36.3 Å². The summed E-state index contributed by atoms with van der Waals surface area (Å²) in [6.07, 6.45) is 2.66. The largest absolute Gasteiger partial charge is 0.495 e. The molecule has 0 aliphatic rings. The van der Waals surface area contributed by atoms with Crippen molar-refractivity contribution in [3.05, 3.63) is 64.9 Å². The first-order chi connectivity index (χ1) is 18.6. The van der Waals surface area contributed by atoms with Crippen LogP contribution in [-0.2, 0) is 11.3 Å². The van der Waals surface area contributed by atoms with Gasteiger partial charge in [-0.15, -0.1) is 0 Å². The SMILES string of the molecule is C=CC(=O)Nc1cc(Nc2cc(NCc3cc(OC)c(Cl)cc3Cl)ncn2)c(OC)cc1N(C)CCN(C)C. The molecule has 0 radical (unpaired) electrons. The van der Waals surface area contributed by atoms with Crippen molar-refractivity contribution in [1.82, 2.24) is 14.9 Å². The Balaban J connectivity index is 1.86. The highest BCUT2D eigenvalue weighted by atomic mass is 35.5. The van der Waals surface area contributed by atoms with Gasteiger partial charge in [-0.3, -0.25) is 4.79 Å². The lowest BCUT2D eigenvalue weighted by molar-refractivity contribution is -0.111. The summed E-state index contributed by atoms with van der Waals surface area (Å²) in [4.78, 5) is 25.0. The van der Waals surface area contributed by atoms with Crippen molar-refractivity contribution in [3.63, 3.8) is 0 Å². The molecule has 208 valence electrons. The molecule has 0 aliphatic carbocycles. The van der Waals surface area contributed by atoms with Crippen LogP contribution < -0.4 is 30.3 Å². The maximum atomic E-state index is 12.2. The number of amides is 1. The molecule has 3 aromatic rings. The minimum atomic E-state index is -0.320. The molecule has 1 aromatic heterocycles. The van der Waals surface area contributed by atoms with Gasteiger partial charge in [0.15, 0.2) is 0 Å². The first-order valence-corrected chi connectivity index (χ1v) is 12.8. The summed E-state index contributed by atoms with van der Waals surface area (Å²) in [7, 11) is 9.11. The number of aromatic nitrogens is 2. The lowest BCUT2D eigenvalue weighted by Gasteiger charge is -2.26. The van der Waals surface area contributed by atoms with Crippen LogP contribution in [-0.4, -0.2) is 69.2 Å². The Morgan fingerprint density at radius 3 is 2.33 bits per heavy atom. The highest BCUT2D eigenvalue weighted by Gasteiger charge is 2.16. The summed E-state index contributed by atoms with van der Waals surface area (Å²) in [6.45, 7) is 5.52. The molecular formula is C27H33Cl2N7O3. The molecule has 3 rings (SSSR count). The van der Waals surface area contributed by atoms with Gasteiger partial charge < -0.3 is 35.2 Å². The zero-order valence-electron chi connectivity index (χ0n) is 22.6. The van der Waals surface area contributed by atoms with Crippen molar-refractivity contribution in [2.24, 2.45) is 0 Å². The normalized spacial score (nSPS) is 10.7. The third-order valence-electron chi connectivity index (χ3n) is 5.77. The van der Waals surface area contributed by atoms with Crippen LogP contribution in [0.2, 0.25) is 10.0 Å². The number of nitrogens with zero attached hydrogens (tertiary/aromatic N) is 4. The Kier molecular flexibility index (Phi) is 10.6. The number of benzene rings is 2. The maximum absolute atomic E-state index is 12.2. The second kappa shape index (κ2) is 13.9. The van der Waals surface area contributed by atoms with Gasteiger partial charge in [-0.25, -0.2) is 9.97 Å². The predicted molar refractivity (Wildman–Crippen MR) is 159 cm³/mol. The summed E-state index contributed by atoms with van der Waals surface area (Å²) in [5.74, 6) is 1.87. The van der Waals surface area contributed by atoms with Gasteiger partial charge in [0.2, 0.25) is 5.91 Å². The maximum Gasteiger partial charge on any atom is 0.247 e. The van der Waals surface area contributed by atoms with E-state index in [4.69, 9.17) is 32.7 Å². The van der Waals surface area contributed by atoms with Gasteiger partial charge in [-0.05, 0) is 43.9 Å². The van der Waals surface area contributed by atoms with Gasteiger partial charge in [0.25, 0.3) is 0 Å². The summed E-state index contributed by atoms with van der Waals surface area (Å²) in [5, 5.41) is 10.3. The van der Waals surface area contributed by atoms with E-state index in [1.807, 2.05) is 27.2 Å².